The van der Waals surface area contributed by atoms with Gasteiger partial charge in [-0.1, -0.05) is 116 Å². The minimum Gasteiger partial charge on any atom is -0.496 e. The summed E-state index contributed by atoms with van der Waals surface area (Å²) in [5, 5.41) is 0. The van der Waals surface area contributed by atoms with Gasteiger partial charge in [0.2, 0.25) is 0 Å². The molecule has 1 aliphatic rings. The van der Waals surface area contributed by atoms with Gasteiger partial charge in [-0.05, 0) is 72.6 Å². The van der Waals surface area contributed by atoms with Gasteiger partial charge in [-0.15, -0.1) is 0 Å². The summed E-state index contributed by atoms with van der Waals surface area (Å²) in [4.78, 5) is 0. The van der Waals surface area contributed by atoms with E-state index in [2.05, 4.69) is 84.9 Å². The molecule has 1 aliphatic carbocycles. The summed E-state index contributed by atoms with van der Waals surface area (Å²) in [6.07, 6.45) is 11.3. The van der Waals surface area contributed by atoms with Gasteiger partial charge in [-0.2, -0.15) is 0 Å². The molecule has 1 fully saturated rings. The first kappa shape index (κ1) is 29.3. The van der Waals surface area contributed by atoms with Gasteiger partial charge >= 0.3 is 0 Å². The fourth-order valence-corrected chi connectivity index (χ4v) is 4.68. The first-order chi connectivity index (χ1) is 15.7. The van der Waals surface area contributed by atoms with E-state index in [1.807, 2.05) is 12.1 Å². The zero-order valence-electron chi connectivity index (χ0n) is 23.0. The molecule has 1 nitrogen and oxygen atoms in total. The standard InChI is InChI=1S/C11H16O.C11H16.C10H20/c1-9(2)8-10-6-4-5-7-11(10)12-3;1-9(2)8-11-7-5-4-6-10(11)3;1-9(2)8-10-6-4-3-5-7-10/h4-7,9H,8H2,1-3H3;4-7,9H,8H2,1-3H3;9-10H,3-8H2,1-2H3. The van der Waals surface area contributed by atoms with E-state index in [0.717, 1.165) is 29.9 Å². The van der Waals surface area contributed by atoms with Gasteiger partial charge in [0.25, 0.3) is 0 Å². The van der Waals surface area contributed by atoms with Crippen LogP contribution < -0.4 is 4.74 Å². The molecule has 0 atom stereocenters. The number of aryl methyl sites for hydroxylation is 1. The van der Waals surface area contributed by atoms with Gasteiger partial charge in [0.05, 0.1) is 7.11 Å². The molecule has 1 heteroatoms. The normalized spacial score (nSPS) is 13.9. The maximum Gasteiger partial charge on any atom is 0.122 e. The second-order valence-corrected chi connectivity index (χ2v) is 11.1. The van der Waals surface area contributed by atoms with Crippen molar-refractivity contribution in [2.45, 2.75) is 99.8 Å². The van der Waals surface area contributed by atoms with E-state index >= 15 is 0 Å². The number of para-hydroxylation sites is 1. The van der Waals surface area contributed by atoms with Crippen LogP contribution in [0.5, 0.6) is 5.75 Å². The zero-order chi connectivity index (χ0) is 24.6. The molecule has 0 amide bonds. The molecule has 186 valence electrons. The summed E-state index contributed by atoms with van der Waals surface area (Å²) in [6.45, 7) is 15.8. The van der Waals surface area contributed by atoms with Crippen molar-refractivity contribution in [3.05, 3.63) is 65.2 Å². The van der Waals surface area contributed by atoms with Crippen LogP contribution in [0.1, 0.15) is 96.8 Å². The molecule has 33 heavy (non-hydrogen) atoms. The van der Waals surface area contributed by atoms with Crippen LogP contribution in [0.4, 0.5) is 0 Å². The predicted molar refractivity (Wildman–Crippen MR) is 147 cm³/mol. The zero-order valence-corrected chi connectivity index (χ0v) is 23.0. The Labute approximate surface area is 206 Å². The van der Waals surface area contributed by atoms with E-state index < -0.39 is 0 Å². The minimum absolute atomic E-state index is 0.682. The Kier molecular flexibility index (Phi) is 14.9. The fourth-order valence-electron chi connectivity index (χ4n) is 4.68. The van der Waals surface area contributed by atoms with Crippen molar-refractivity contribution in [1.29, 1.82) is 0 Å². The quantitative estimate of drug-likeness (QED) is 0.406. The van der Waals surface area contributed by atoms with E-state index in [1.165, 1.54) is 61.6 Å². The number of ether oxygens (including phenoxy) is 1. The van der Waals surface area contributed by atoms with Crippen molar-refractivity contribution in [1.82, 2.24) is 0 Å². The molecular weight excluding hydrogens is 400 g/mol. The van der Waals surface area contributed by atoms with Crippen LogP contribution in [-0.2, 0) is 12.8 Å². The summed E-state index contributed by atoms with van der Waals surface area (Å²) in [5.41, 5.74) is 4.21. The van der Waals surface area contributed by atoms with Crippen molar-refractivity contribution < 1.29 is 4.74 Å². The number of hydrogen-bond acceptors (Lipinski definition) is 1. The van der Waals surface area contributed by atoms with E-state index in [1.54, 1.807) is 7.11 Å². The molecule has 2 aromatic rings. The van der Waals surface area contributed by atoms with Crippen LogP contribution in [0.15, 0.2) is 48.5 Å². The van der Waals surface area contributed by atoms with Gasteiger partial charge in [-0.25, -0.2) is 0 Å². The third-order valence-corrected chi connectivity index (χ3v) is 6.24. The summed E-state index contributed by atoms with van der Waals surface area (Å²) in [6, 6.07) is 16.8. The molecule has 0 N–H and O–H groups in total. The van der Waals surface area contributed by atoms with Gasteiger partial charge in [-0.3, -0.25) is 0 Å². The van der Waals surface area contributed by atoms with Crippen LogP contribution in [0.2, 0.25) is 0 Å². The van der Waals surface area contributed by atoms with Gasteiger partial charge < -0.3 is 4.74 Å². The predicted octanol–water partition coefficient (Wildman–Crippen LogP) is 9.70. The molecule has 0 spiro atoms. The second-order valence-electron chi connectivity index (χ2n) is 11.1. The summed E-state index contributed by atoms with van der Waals surface area (Å²) >= 11 is 0. The Morgan fingerprint density at radius 3 is 1.73 bits per heavy atom. The number of hydrogen-bond donors (Lipinski definition) is 0. The molecule has 0 unspecified atom stereocenters. The van der Waals surface area contributed by atoms with E-state index in [-0.39, 0.29) is 0 Å². The minimum atomic E-state index is 0.682. The third-order valence-electron chi connectivity index (χ3n) is 6.24. The Bertz CT molecular complexity index is 738. The van der Waals surface area contributed by atoms with Crippen LogP contribution in [-0.4, -0.2) is 7.11 Å². The van der Waals surface area contributed by atoms with Crippen LogP contribution >= 0.6 is 0 Å². The van der Waals surface area contributed by atoms with Gasteiger partial charge in [0.1, 0.15) is 5.75 Å². The molecule has 1 saturated carbocycles. The van der Waals surface area contributed by atoms with E-state index in [0.29, 0.717) is 5.92 Å². The van der Waals surface area contributed by atoms with Crippen molar-refractivity contribution in [3.8, 4) is 5.75 Å². The van der Waals surface area contributed by atoms with Crippen molar-refractivity contribution in [2.24, 2.45) is 23.7 Å². The molecule has 0 radical (unpaired) electrons. The van der Waals surface area contributed by atoms with Crippen LogP contribution in [0, 0.1) is 30.6 Å². The molecular formula is C32H52O. The monoisotopic (exact) mass is 452 g/mol. The number of rotatable bonds is 7. The molecule has 0 saturated heterocycles. The average molecular weight is 453 g/mol. The van der Waals surface area contributed by atoms with Crippen LogP contribution in [0.25, 0.3) is 0 Å². The number of benzene rings is 2. The maximum absolute atomic E-state index is 5.25. The molecule has 3 rings (SSSR count). The summed E-state index contributed by atoms with van der Waals surface area (Å²) < 4.78 is 5.25. The van der Waals surface area contributed by atoms with E-state index in [4.69, 9.17) is 4.74 Å². The fraction of sp³-hybridized carbons (Fsp3) is 0.625. The lowest BCUT2D eigenvalue weighted by atomic mass is 9.84. The van der Waals surface area contributed by atoms with E-state index in [9.17, 15) is 0 Å². The second kappa shape index (κ2) is 16.8. The first-order valence-electron chi connectivity index (χ1n) is 13.4. The lowest BCUT2D eigenvalue weighted by Crippen LogP contribution is -2.08. The SMILES string of the molecule is CC(C)CC1CCCCC1.COc1ccccc1CC(C)C.Cc1ccccc1CC(C)C. The molecule has 2 aromatic carbocycles. The first-order valence-corrected chi connectivity index (χ1v) is 13.4. The lowest BCUT2D eigenvalue weighted by Gasteiger charge is -2.22. The Morgan fingerprint density at radius 2 is 1.21 bits per heavy atom. The molecule has 0 aliphatic heterocycles. The smallest absolute Gasteiger partial charge is 0.122 e. The Hall–Kier alpha value is -1.76. The largest absolute Gasteiger partial charge is 0.496 e. The third kappa shape index (κ3) is 13.5. The Morgan fingerprint density at radius 1 is 0.697 bits per heavy atom. The maximum atomic E-state index is 5.25. The summed E-state index contributed by atoms with van der Waals surface area (Å²) in [5.74, 6) is 4.44. The Balaban J connectivity index is 0.000000249. The van der Waals surface area contributed by atoms with Crippen molar-refractivity contribution in [3.63, 3.8) is 0 Å². The van der Waals surface area contributed by atoms with Crippen LogP contribution in [0.3, 0.4) is 0 Å². The van der Waals surface area contributed by atoms with Crippen molar-refractivity contribution >= 4 is 0 Å². The van der Waals surface area contributed by atoms with Gasteiger partial charge in [0, 0.05) is 0 Å². The average Bonchev–Trinajstić information content (AvgIpc) is 2.76. The molecule has 0 aromatic heterocycles. The van der Waals surface area contributed by atoms with Crippen molar-refractivity contribution in [2.75, 3.05) is 7.11 Å². The highest BCUT2D eigenvalue weighted by Gasteiger charge is 2.13. The highest BCUT2D eigenvalue weighted by molar-refractivity contribution is 5.33. The highest BCUT2D eigenvalue weighted by atomic mass is 16.5. The topological polar surface area (TPSA) is 9.23 Å². The lowest BCUT2D eigenvalue weighted by molar-refractivity contribution is 0.305. The number of methoxy groups -OCH3 is 1. The molecule has 0 bridgehead atoms. The molecule has 0 heterocycles. The summed E-state index contributed by atoms with van der Waals surface area (Å²) in [7, 11) is 1.72. The van der Waals surface area contributed by atoms with Gasteiger partial charge in [0.15, 0.2) is 0 Å². The highest BCUT2D eigenvalue weighted by Crippen LogP contribution is 2.28.